The Morgan fingerprint density at radius 1 is 1.13 bits per heavy atom. The zero-order valence-corrected chi connectivity index (χ0v) is 21.5. The summed E-state index contributed by atoms with van der Waals surface area (Å²) in [6.07, 6.45) is -3.72. The van der Waals surface area contributed by atoms with Crippen LogP contribution in [0.5, 0.6) is 11.5 Å². The maximum absolute atomic E-state index is 14.2. The Labute approximate surface area is 222 Å². The standard InChI is InChI=1S/C27H29F3N4O5/c1-37-19-11-16(12-20(14-19)38-2)24-21-5-7-31-25(21)26(36)34(32-24)23-13-17(3-4-22(23)27(28,29)30)33-8-6-18(15-33)39-10-9-35/h3-4,11-14,18,31,35H,5-10,15H2,1-2H3/t18-/m1/s1. The first kappa shape index (κ1) is 26.8. The highest BCUT2D eigenvalue weighted by molar-refractivity contribution is 5.74. The van der Waals surface area contributed by atoms with Crippen molar-refractivity contribution in [3.8, 4) is 28.4 Å². The quantitative estimate of drug-likeness (QED) is 0.443. The molecule has 2 aliphatic rings. The molecular formula is C27H29F3N4O5. The molecule has 1 fully saturated rings. The Hall–Kier alpha value is -3.77. The number of rotatable bonds is 8. The van der Waals surface area contributed by atoms with Gasteiger partial charge in [-0.15, -0.1) is 0 Å². The predicted molar refractivity (Wildman–Crippen MR) is 139 cm³/mol. The zero-order valence-electron chi connectivity index (χ0n) is 21.5. The number of hydrogen-bond donors (Lipinski definition) is 2. The number of anilines is 2. The fourth-order valence-corrected chi connectivity index (χ4v) is 5.09. The highest BCUT2D eigenvalue weighted by Gasteiger charge is 2.36. The van der Waals surface area contributed by atoms with E-state index in [0.717, 1.165) is 10.7 Å². The normalized spacial score (nSPS) is 16.8. The third-order valence-corrected chi connectivity index (χ3v) is 6.97. The van der Waals surface area contributed by atoms with E-state index in [1.807, 2.05) is 4.90 Å². The van der Waals surface area contributed by atoms with Gasteiger partial charge in [0.05, 0.1) is 50.5 Å². The van der Waals surface area contributed by atoms with Gasteiger partial charge in [0.2, 0.25) is 0 Å². The predicted octanol–water partition coefficient (Wildman–Crippen LogP) is 3.49. The minimum absolute atomic E-state index is 0.108. The summed E-state index contributed by atoms with van der Waals surface area (Å²) < 4.78 is 59.9. The van der Waals surface area contributed by atoms with Crippen molar-refractivity contribution in [2.24, 2.45) is 0 Å². The molecule has 2 N–H and O–H groups in total. The van der Waals surface area contributed by atoms with Gasteiger partial charge in [0, 0.05) is 42.5 Å². The number of benzene rings is 2. The van der Waals surface area contributed by atoms with E-state index in [4.69, 9.17) is 19.3 Å². The van der Waals surface area contributed by atoms with Crippen molar-refractivity contribution in [1.82, 2.24) is 9.78 Å². The fourth-order valence-electron chi connectivity index (χ4n) is 5.09. The molecule has 0 saturated carbocycles. The number of aliphatic hydroxyl groups is 1. The Bertz CT molecular complexity index is 1400. The van der Waals surface area contributed by atoms with Crippen LogP contribution in [0.1, 0.15) is 17.5 Å². The molecule has 0 bridgehead atoms. The van der Waals surface area contributed by atoms with E-state index < -0.39 is 17.3 Å². The van der Waals surface area contributed by atoms with Crippen molar-refractivity contribution < 1.29 is 32.5 Å². The van der Waals surface area contributed by atoms with Gasteiger partial charge in [0.1, 0.15) is 17.2 Å². The summed E-state index contributed by atoms with van der Waals surface area (Å²) in [6.45, 7) is 1.55. The van der Waals surface area contributed by atoms with E-state index in [1.54, 1.807) is 18.2 Å². The largest absolute Gasteiger partial charge is 0.497 e. The van der Waals surface area contributed by atoms with Crippen LogP contribution in [-0.2, 0) is 17.3 Å². The lowest BCUT2D eigenvalue weighted by molar-refractivity contribution is -0.137. The molecule has 1 saturated heterocycles. The van der Waals surface area contributed by atoms with Gasteiger partial charge in [-0.25, -0.2) is 0 Å². The lowest BCUT2D eigenvalue weighted by Crippen LogP contribution is -2.28. The molecule has 0 spiro atoms. The second-order valence-corrected chi connectivity index (χ2v) is 9.35. The number of hydrogen-bond acceptors (Lipinski definition) is 8. The van der Waals surface area contributed by atoms with E-state index in [9.17, 15) is 18.0 Å². The molecule has 1 atom stereocenters. The van der Waals surface area contributed by atoms with Crippen LogP contribution in [0.4, 0.5) is 24.5 Å². The summed E-state index contributed by atoms with van der Waals surface area (Å²) in [5.74, 6) is 0.960. The van der Waals surface area contributed by atoms with Crippen molar-refractivity contribution in [1.29, 1.82) is 0 Å². The summed E-state index contributed by atoms with van der Waals surface area (Å²) in [7, 11) is 3.00. The van der Waals surface area contributed by atoms with E-state index >= 15 is 0 Å². The molecule has 0 radical (unpaired) electrons. The molecule has 3 heterocycles. The van der Waals surface area contributed by atoms with Crippen LogP contribution >= 0.6 is 0 Å². The minimum Gasteiger partial charge on any atom is -0.497 e. The Kier molecular flexibility index (Phi) is 7.41. The van der Waals surface area contributed by atoms with Crippen LogP contribution in [-0.4, -0.2) is 68.1 Å². The summed E-state index contributed by atoms with van der Waals surface area (Å²) in [5.41, 5.74) is 0.280. The van der Waals surface area contributed by atoms with Crippen LogP contribution in [0.3, 0.4) is 0 Å². The number of alkyl halides is 3. The Morgan fingerprint density at radius 2 is 1.87 bits per heavy atom. The van der Waals surface area contributed by atoms with Crippen molar-refractivity contribution in [3.63, 3.8) is 0 Å². The fraction of sp³-hybridized carbons (Fsp3) is 0.407. The number of aromatic nitrogens is 2. The van der Waals surface area contributed by atoms with Crippen molar-refractivity contribution in [3.05, 3.63) is 57.9 Å². The Morgan fingerprint density at radius 3 is 2.54 bits per heavy atom. The first-order valence-electron chi connectivity index (χ1n) is 12.6. The van der Waals surface area contributed by atoms with Gasteiger partial charge in [-0.3, -0.25) is 4.79 Å². The third-order valence-electron chi connectivity index (χ3n) is 6.97. The van der Waals surface area contributed by atoms with Crippen LogP contribution in [0.25, 0.3) is 16.9 Å². The second kappa shape index (κ2) is 10.8. The van der Waals surface area contributed by atoms with Crippen LogP contribution in [0.2, 0.25) is 0 Å². The van der Waals surface area contributed by atoms with Crippen LogP contribution < -0.4 is 25.2 Å². The molecule has 12 heteroatoms. The summed E-state index contributed by atoms with van der Waals surface area (Å²) >= 11 is 0. The molecule has 39 heavy (non-hydrogen) atoms. The number of methoxy groups -OCH3 is 2. The van der Waals surface area contributed by atoms with Crippen LogP contribution in [0, 0.1) is 0 Å². The van der Waals surface area contributed by atoms with Crippen LogP contribution in [0.15, 0.2) is 41.2 Å². The Balaban J connectivity index is 1.66. The maximum Gasteiger partial charge on any atom is 0.418 e. The van der Waals surface area contributed by atoms with Gasteiger partial charge in [0.25, 0.3) is 5.56 Å². The van der Waals surface area contributed by atoms with Gasteiger partial charge in [-0.1, -0.05) is 0 Å². The lowest BCUT2D eigenvalue weighted by atomic mass is 10.0. The SMILES string of the molecule is COc1cc(OC)cc(-c2nn(-c3cc(N4CC[C@@H](OCCO)C4)ccc3C(F)(F)F)c(=O)c3c2CCN3)c1. The van der Waals surface area contributed by atoms with Gasteiger partial charge in [0.15, 0.2) is 0 Å². The molecule has 208 valence electrons. The molecule has 0 amide bonds. The maximum atomic E-state index is 14.2. The summed E-state index contributed by atoms with van der Waals surface area (Å²) in [5, 5.41) is 16.6. The molecule has 2 aromatic carbocycles. The third kappa shape index (κ3) is 5.26. The molecule has 1 aromatic heterocycles. The number of ether oxygens (including phenoxy) is 3. The minimum atomic E-state index is -4.72. The first-order valence-corrected chi connectivity index (χ1v) is 12.6. The highest BCUT2D eigenvalue weighted by Crippen LogP contribution is 2.38. The smallest absolute Gasteiger partial charge is 0.418 e. The first-order chi connectivity index (χ1) is 18.7. The van der Waals surface area contributed by atoms with E-state index in [2.05, 4.69) is 10.4 Å². The average molecular weight is 547 g/mol. The van der Waals surface area contributed by atoms with Crippen molar-refractivity contribution >= 4 is 11.4 Å². The lowest BCUT2D eigenvalue weighted by Gasteiger charge is -2.22. The molecule has 2 aliphatic heterocycles. The molecule has 5 rings (SSSR count). The summed E-state index contributed by atoms with van der Waals surface area (Å²) in [4.78, 5) is 15.4. The molecule has 9 nitrogen and oxygen atoms in total. The molecule has 0 aliphatic carbocycles. The number of halogens is 3. The second-order valence-electron chi connectivity index (χ2n) is 9.35. The topological polar surface area (TPSA) is 98.1 Å². The van der Waals surface area contributed by atoms with Crippen molar-refractivity contribution in [2.75, 3.05) is 57.3 Å². The number of nitrogens with one attached hydrogen (secondary N) is 1. The van der Waals surface area contributed by atoms with Gasteiger partial charge in [-0.05, 0) is 43.2 Å². The van der Waals surface area contributed by atoms with Gasteiger partial charge >= 0.3 is 6.18 Å². The summed E-state index contributed by atoms with van der Waals surface area (Å²) in [6, 6.07) is 8.81. The number of aliphatic hydroxyl groups excluding tert-OH is 1. The zero-order chi connectivity index (χ0) is 27.7. The average Bonchev–Trinajstić information content (AvgIpc) is 3.61. The molecule has 0 unspecified atom stereocenters. The molecular weight excluding hydrogens is 517 g/mol. The monoisotopic (exact) mass is 546 g/mol. The highest BCUT2D eigenvalue weighted by atomic mass is 19.4. The van der Waals surface area contributed by atoms with E-state index in [1.165, 1.54) is 26.4 Å². The van der Waals surface area contributed by atoms with Crippen molar-refractivity contribution in [2.45, 2.75) is 25.1 Å². The van der Waals surface area contributed by atoms with Gasteiger partial charge < -0.3 is 29.5 Å². The van der Waals surface area contributed by atoms with Gasteiger partial charge in [-0.2, -0.15) is 23.0 Å². The van der Waals surface area contributed by atoms with E-state index in [-0.39, 0.29) is 30.7 Å². The molecule has 3 aromatic rings. The number of nitrogens with zero attached hydrogens (tertiary/aromatic N) is 3. The number of fused-ring (bicyclic) bond motifs is 1. The van der Waals surface area contributed by atoms with E-state index in [0.29, 0.717) is 66.5 Å².